The summed E-state index contributed by atoms with van der Waals surface area (Å²) in [7, 11) is -2.53. The van der Waals surface area contributed by atoms with Crippen molar-refractivity contribution in [2.75, 3.05) is 26.3 Å². The summed E-state index contributed by atoms with van der Waals surface area (Å²) in [6.45, 7) is 11.1. The Morgan fingerprint density at radius 3 is 1.91 bits per heavy atom. The minimum Gasteiger partial charge on any atom is -0.405 e. The molecular weight excluding hydrogens is 410 g/mol. The monoisotopic (exact) mass is 445 g/mol. The Morgan fingerprint density at radius 2 is 1.38 bits per heavy atom. The van der Waals surface area contributed by atoms with Gasteiger partial charge in [0.15, 0.2) is 0 Å². The highest BCUT2D eigenvalue weighted by atomic mass is 28.4. The summed E-state index contributed by atoms with van der Waals surface area (Å²) in [5, 5.41) is 2.61. The Labute approximate surface area is 194 Å². The Hall–Kier alpha value is -2.24. The Kier molecular flexibility index (Phi) is 7.26. The third-order valence-corrected chi connectivity index (χ3v) is 11.4. The first-order chi connectivity index (χ1) is 15.5. The number of hydrogen-bond acceptors (Lipinski definition) is 3. The topological polar surface area (TPSA) is 21.7 Å². The van der Waals surface area contributed by atoms with Crippen LogP contribution < -0.4 is 10.4 Å². The normalized spacial score (nSPS) is 17.9. The second-order valence-corrected chi connectivity index (χ2v) is 14.0. The van der Waals surface area contributed by atoms with E-state index >= 15 is 0 Å². The van der Waals surface area contributed by atoms with Crippen LogP contribution in [0, 0.1) is 0 Å². The van der Waals surface area contributed by atoms with E-state index in [4.69, 9.17) is 9.16 Å². The molecule has 0 N–H and O–H groups in total. The molecule has 0 saturated carbocycles. The van der Waals surface area contributed by atoms with Crippen molar-refractivity contribution < 1.29 is 9.16 Å². The van der Waals surface area contributed by atoms with Crippen LogP contribution in [0.25, 0.3) is 0 Å². The molecule has 1 aliphatic heterocycles. The molecule has 1 saturated heterocycles. The first kappa shape index (κ1) is 22.9. The largest absolute Gasteiger partial charge is 0.405 e. The lowest BCUT2D eigenvalue weighted by molar-refractivity contribution is -0.0520. The second-order valence-electron chi connectivity index (χ2n) is 9.69. The van der Waals surface area contributed by atoms with E-state index in [1.54, 1.807) is 0 Å². The highest BCUT2D eigenvalue weighted by Crippen LogP contribution is 2.37. The molecule has 0 bridgehead atoms. The van der Waals surface area contributed by atoms with Crippen LogP contribution in [0.2, 0.25) is 5.04 Å². The average molecular weight is 446 g/mol. The molecule has 1 aliphatic rings. The molecule has 0 aromatic heterocycles. The minimum absolute atomic E-state index is 0.0197. The first-order valence-corrected chi connectivity index (χ1v) is 13.5. The molecule has 4 heteroatoms. The van der Waals surface area contributed by atoms with Crippen molar-refractivity contribution in [1.29, 1.82) is 0 Å². The molecule has 0 radical (unpaired) electrons. The van der Waals surface area contributed by atoms with Gasteiger partial charge in [0.25, 0.3) is 8.32 Å². The first-order valence-electron chi connectivity index (χ1n) is 11.6. The third kappa shape index (κ3) is 5.05. The minimum atomic E-state index is -2.53. The summed E-state index contributed by atoms with van der Waals surface area (Å²) >= 11 is 0. The molecule has 32 heavy (non-hydrogen) atoms. The van der Waals surface area contributed by atoms with Crippen molar-refractivity contribution in [2.45, 2.75) is 38.5 Å². The Bertz CT molecular complexity index is 917. The molecule has 0 aliphatic carbocycles. The van der Waals surface area contributed by atoms with Gasteiger partial charge in [0.05, 0.1) is 19.3 Å². The van der Waals surface area contributed by atoms with E-state index in [1.165, 1.54) is 15.9 Å². The van der Waals surface area contributed by atoms with E-state index in [0.29, 0.717) is 6.61 Å². The zero-order chi connectivity index (χ0) is 22.4. The fourth-order valence-electron chi connectivity index (χ4n) is 4.85. The van der Waals surface area contributed by atoms with E-state index in [2.05, 4.69) is 117 Å². The molecule has 1 heterocycles. The van der Waals surface area contributed by atoms with Gasteiger partial charge in [0.2, 0.25) is 0 Å². The van der Waals surface area contributed by atoms with E-state index in [1.807, 2.05) is 0 Å². The second kappa shape index (κ2) is 10.1. The van der Waals surface area contributed by atoms with Crippen LogP contribution in [-0.2, 0) is 15.7 Å². The van der Waals surface area contributed by atoms with E-state index in [0.717, 1.165) is 26.2 Å². The van der Waals surface area contributed by atoms with Gasteiger partial charge in [-0.15, -0.1) is 0 Å². The lowest BCUT2D eigenvalue weighted by Crippen LogP contribution is -2.67. The maximum Gasteiger partial charge on any atom is 0.261 e. The summed E-state index contributed by atoms with van der Waals surface area (Å²) in [6, 6.07) is 32.4. The lowest BCUT2D eigenvalue weighted by atomic mass is 10.2. The molecule has 1 atom stereocenters. The molecule has 3 nitrogen and oxygen atoms in total. The zero-order valence-electron chi connectivity index (χ0n) is 19.5. The third-order valence-electron chi connectivity index (χ3n) is 6.37. The SMILES string of the molecule is CC(C)(C)[Si](OC[C@@H]1CN(Cc2ccccc2)CCO1)(c1ccccc1)c1ccccc1. The molecule has 0 unspecified atom stereocenters. The summed E-state index contributed by atoms with van der Waals surface area (Å²) < 4.78 is 13.3. The van der Waals surface area contributed by atoms with Gasteiger partial charge in [-0.05, 0) is 21.0 Å². The molecule has 3 aromatic carbocycles. The number of benzene rings is 3. The molecule has 168 valence electrons. The standard InChI is InChI=1S/C28H35NO2Si/c1-28(2,3)32(26-15-9-5-10-16-26,27-17-11-6-12-18-27)31-23-25-22-29(19-20-30-25)21-24-13-7-4-8-14-24/h4-18,25H,19-23H2,1-3H3/t25-/m0/s1. The van der Waals surface area contributed by atoms with Gasteiger partial charge in [0.1, 0.15) is 0 Å². The average Bonchev–Trinajstić information content (AvgIpc) is 2.81. The number of rotatable bonds is 7. The summed E-state index contributed by atoms with van der Waals surface area (Å²) in [4.78, 5) is 2.48. The fourth-order valence-corrected chi connectivity index (χ4v) is 9.44. The quantitative estimate of drug-likeness (QED) is 0.501. The van der Waals surface area contributed by atoms with E-state index < -0.39 is 8.32 Å². The lowest BCUT2D eigenvalue weighted by Gasteiger charge is -2.44. The van der Waals surface area contributed by atoms with Crippen LogP contribution in [0.5, 0.6) is 0 Å². The van der Waals surface area contributed by atoms with Gasteiger partial charge in [-0.1, -0.05) is 112 Å². The van der Waals surface area contributed by atoms with Crippen LogP contribution >= 0.6 is 0 Å². The molecular formula is C28H35NO2Si. The van der Waals surface area contributed by atoms with Gasteiger partial charge >= 0.3 is 0 Å². The van der Waals surface area contributed by atoms with Crippen LogP contribution in [-0.4, -0.2) is 45.6 Å². The molecule has 1 fully saturated rings. The van der Waals surface area contributed by atoms with Crippen LogP contribution in [0.1, 0.15) is 26.3 Å². The number of nitrogens with zero attached hydrogens (tertiary/aromatic N) is 1. The van der Waals surface area contributed by atoms with Crippen molar-refractivity contribution in [1.82, 2.24) is 4.90 Å². The number of morpholine rings is 1. The Balaban J connectivity index is 1.57. The van der Waals surface area contributed by atoms with Gasteiger partial charge in [-0.3, -0.25) is 4.90 Å². The summed E-state index contributed by atoms with van der Waals surface area (Å²) in [6.07, 6.45) is 0.0779. The number of ether oxygens (including phenoxy) is 1. The summed E-state index contributed by atoms with van der Waals surface area (Å²) in [5.41, 5.74) is 1.35. The molecule has 3 aromatic rings. The van der Waals surface area contributed by atoms with Crippen LogP contribution in [0.3, 0.4) is 0 Å². The highest BCUT2D eigenvalue weighted by molar-refractivity contribution is 6.99. The fraction of sp³-hybridized carbons (Fsp3) is 0.357. The van der Waals surface area contributed by atoms with E-state index in [9.17, 15) is 0 Å². The maximum absolute atomic E-state index is 7.09. The van der Waals surface area contributed by atoms with Crippen molar-refractivity contribution in [3.63, 3.8) is 0 Å². The predicted molar refractivity (Wildman–Crippen MR) is 135 cm³/mol. The molecule has 0 amide bonds. The van der Waals surface area contributed by atoms with Crippen molar-refractivity contribution in [3.05, 3.63) is 96.6 Å². The van der Waals surface area contributed by atoms with E-state index in [-0.39, 0.29) is 11.1 Å². The van der Waals surface area contributed by atoms with Crippen molar-refractivity contribution in [3.8, 4) is 0 Å². The maximum atomic E-state index is 7.09. The predicted octanol–water partition coefficient (Wildman–Crippen LogP) is 4.46. The zero-order valence-corrected chi connectivity index (χ0v) is 20.5. The molecule has 0 spiro atoms. The van der Waals surface area contributed by atoms with Crippen molar-refractivity contribution >= 4 is 18.7 Å². The molecule has 4 rings (SSSR count). The van der Waals surface area contributed by atoms with Crippen LogP contribution in [0.15, 0.2) is 91.0 Å². The van der Waals surface area contributed by atoms with Gasteiger partial charge in [-0.2, -0.15) is 0 Å². The van der Waals surface area contributed by atoms with Crippen LogP contribution in [0.4, 0.5) is 0 Å². The summed E-state index contributed by atoms with van der Waals surface area (Å²) in [5.74, 6) is 0. The highest BCUT2D eigenvalue weighted by Gasteiger charge is 2.50. The van der Waals surface area contributed by atoms with Gasteiger partial charge in [-0.25, -0.2) is 0 Å². The van der Waals surface area contributed by atoms with Gasteiger partial charge < -0.3 is 9.16 Å². The Morgan fingerprint density at radius 1 is 0.844 bits per heavy atom. The smallest absolute Gasteiger partial charge is 0.261 e. The van der Waals surface area contributed by atoms with Crippen molar-refractivity contribution in [2.24, 2.45) is 0 Å². The van der Waals surface area contributed by atoms with Gasteiger partial charge in [0, 0.05) is 19.6 Å². The number of hydrogen-bond donors (Lipinski definition) is 0.